The van der Waals surface area contributed by atoms with Crippen LogP contribution in [0, 0.1) is 0 Å². The maximum absolute atomic E-state index is 6.16. The predicted octanol–water partition coefficient (Wildman–Crippen LogP) is 4.61. The lowest BCUT2D eigenvalue weighted by molar-refractivity contribution is 0.414. The van der Waals surface area contributed by atoms with Gasteiger partial charge in [-0.25, -0.2) is 4.98 Å². The lowest BCUT2D eigenvalue weighted by Gasteiger charge is -2.04. The van der Waals surface area contributed by atoms with Crippen LogP contribution < -0.4 is 10.1 Å². The van der Waals surface area contributed by atoms with Gasteiger partial charge in [-0.1, -0.05) is 41.1 Å². The molecule has 0 aliphatic rings. The number of hydrogen-bond donors (Lipinski definition) is 1. The number of hydrogen-bond acceptors (Lipinski definition) is 4. The standard InChI is InChI=1S/C16H15ClN2OS/c1-20-12-7-5-11(6-8-12)9-10-18-16-19-14-4-2-3-13(17)15(14)21-16/h2-8H,9-10H2,1H3,(H,18,19). The molecule has 1 heterocycles. The molecule has 0 aliphatic carbocycles. The smallest absolute Gasteiger partial charge is 0.183 e. The summed E-state index contributed by atoms with van der Waals surface area (Å²) in [6.07, 6.45) is 0.938. The largest absolute Gasteiger partial charge is 0.497 e. The summed E-state index contributed by atoms with van der Waals surface area (Å²) in [5, 5.41) is 5.02. The van der Waals surface area contributed by atoms with Crippen molar-refractivity contribution in [2.75, 3.05) is 19.0 Å². The molecule has 0 aliphatic heterocycles. The molecule has 0 amide bonds. The van der Waals surface area contributed by atoms with Gasteiger partial charge in [0.15, 0.2) is 5.13 Å². The topological polar surface area (TPSA) is 34.1 Å². The molecular weight excluding hydrogens is 304 g/mol. The number of fused-ring (bicyclic) bond motifs is 1. The lowest BCUT2D eigenvalue weighted by atomic mass is 10.1. The first-order valence-electron chi connectivity index (χ1n) is 6.68. The molecule has 5 heteroatoms. The summed E-state index contributed by atoms with van der Waals surface area (Å²) in [5.41, 5.74) is 2.21. The van der Waals surface area contributed by atoms with Crippen molar-refractivity contribution in [1.82, 2.24) is 4.98 Å². The van der Waals surface area contributed by atoms with Crippen molar-refractivity contribution >= 4 is 38.3 Å². The Morgan fingerprint density at radius 2 is 2.00 bits per heavy atom. The number of thiazole rings is 1. The second-order valence-electron chi connectivity index (χ2n) is 4.63. The molecule has 3 aromatic rings. The highest BCUT2D eigenvalue weighted by Gasteiger charge is 2.06. The van der Waals surface area contributed by atoms with Crippen LogP contribution in [0.1, 0.15) is 5.56 Å². The molecule has 1 N–H and O–H groups in total. The number of nitrogens with one attached hydrogen (secondary N) is 1. The van der Waals surface area contributed by atoms with Gasteiger partial charge in [-0.15, -0.1) is 0 Å². The van der Waals surface area contributed by atoms with Crippen molar-refractivity contribution in [2.45, 2.75) is 6.42 Å². The van der Waals surface area contributed by atoms with Gasteiger partial charge in [-0.3, -0.25) is 0 Å². The van der Waals surface area contributed by atoms with E-state index in [1.807, 2.05) is 30.3 Å². The summed E-state index contributed by atoms with van der Waals surface area (Å²) in [7, 11) is 1.68. The van der Waals surface area contributed by atoms with Gasteiger partial charge in [0, 0.05) is 6.54 Å². The molecule has 0 fully saturated rings. The maximum Gasteiger partial charge on any atom is 0.183 e. The van der Waals surface area contributed by atoms with Crippen LogP contribution >= 0.6 is 22.9 Å². The van der Waals surface area contributed by atoms with Crippen LogP contribution in [-0.2, 0) is 6.42 Å². The average molecular weight is 319 g/mol. The van der Waals surface area contributed by atoms with Gasteiger partial charge >= 0.3 is 0 Å². The van der Waals surface area contributed by atoms with Crippen LogP contribution in [-0.4, -0.2) is 18.6 Å². The number of benzene rings is 2. The summed E-state index contributed by atoms with van der Waals surface area (Å²) in [4.78, 5) is 4.54. The van der Waals surface area contributed by atoms with Crippen molar-refractivity contribution in [1.29, 1.82) is 0 Å². The Hall–Kier alpha value is -1.78. The molecular formula is C16H15ClN2OS. The van der Waals surface area contributed by atoms with Crippen LogP contribution in [0.25, 0.3) is 10.2 Å². The van der Waals surface area contributed by atoms with Gasteiger partial charge in [0.2, 0.25) is 0 Å². The van der Waals surface area contributed by atoms with Crippen LogP contribution in [0.2, 0.25) is 5.02 Å². The number of methoxy groups -OCH3 is 1. The summed E-state index contributed by atoms with van der Waals surface area (Å²) < 4.78 is 6.18. The first kappa shape index (κ1) is 14.2. The molecule has 0 radical (unpaired) electrons. The number of anilines is 1. The molecule has 1 aromatic heterocycles. The predicted molar refractivity (Wildman–Crippen MR) is 89.8 cm³/mol. The Balaban J connectivity index is 1.62. The van der Waals surface area contributed by atoms with Crippen molar-refractivity contribution in [3.8, 4) is 5.75 Å². The van der Waals surface area contributed by atoms with Crippen molar-refractivity contribution in [3.63, 3.8) is 0 Å². The summed E-state index contributed by atoms with van der Waals surface area (Å²) in [5.74, 6) is 0.882. The first-order chi connectivity index (χ1) is 10.3. The fourth-order valence-corrected chi connectivity index (χ4v) is 3.28. The highest BCUT2D eigenvalue weighted by atomic mass is 35.5. The van der Waals surface area contributed by atoms with E-state index in [9.17, 15) is 0 Å². The second kappa shape index (κ2) is 6.33. The SMILES string of the molecule is COc1ccc(CCNc2nc3cccc(Cl)c3s2)cc1. The van der Waals surface area contributed by atoms with E-state index in [0.717, 1.165) is 39.1 Å². The average Bonchev–Trinajstić information content (AvgIpc) is 2.92. The van der Waals surface area contributed by atoms with Crippen molar-refractivity contribution < 1.29 is 4.74 Å². The molecule has 21 heavy (non-hydrogen) atoms. The van der Waals surface area contributed by atoms with Crippen LogP contribution in [0.15, 0.2) is 42.5 Å². The lowest BCUT2D eigenvalue weighted by Crippen LogP contribution is -2.04. The molecule has 0 saturated heterocycles. The number of ether oxygens (including phenoxy) is 1. The van der Waals surface area contributed by atoms with Crippen LogP contribution in [0.5, 0.6) is 5.75 Å². The number of nitrogens with zero attached hydrogens (tertiary/aromatic N) is 1. The van der Waals surface area contributed by atoms with Gasteiger partial charge in [0.1, 0.15) is 5.75 Å². The molecule has 3 rings (SSSR count). The zero-order chi connectivity index (χ0) is 14.7. The Morgan fingerprint density at radius 3 is 2.71 bits per heavy atom. The fraction of sp³-hybridized carbons (Fsp3) is 0.188. The van der Waals surface area contributed by atoms with E-state index < -0.39 is 0 Å². The molecule has 108 valence electrons. The second-order valence-corrected chi connectivity index (χ2v) is 6.04. The minimum absolute atomic E-state index is 0.758. The monoisotopic (exact) mass is 318 g/mol. The van der Waals surface area contributed by atoms with Gasteiger partial charge < -0.3 is 10.1 Å². The minimum atomic E-state index is 0.758. The molecule has 0 spiro atoms. The van der Waals surface area contributed by atoms with E-state index in [2.05, 4.69) is 22.4 Å². The Bertz CT molecular complexity index is 740. The summed E-state index contributed by atoms with van der Waals surface area (Å²) in [6, 6.07) is 13.9. The Morgan fingerprint density at radius 1 is 1.19 bits per heavy atom. The highest BCUT2D eigenvalue weighted by Crippen LogP contribution is 2.31. The third-order valence-electron chi connectivity index (χ3n) is 3.22. The first-order valence-corrected chi connectivity index (χ1v) is 7.87. The van der Waals surface area contributed by atoms with Gasteiger partial charge in [-0.2, -0.15) is 0 Å². The quantitative estimate of drug-likeness (QED) is 0.745. The number of rotatable bonds is 5. The van der Waals surface area contributed by atoms with E-state index >= 15 is 0 Å². The van der Waals surface area contributed by atoms with E-state index in [1.54, 1.807) is 18.4 Å². The van der Waals surface area contributed by atoms with Crippen LogP contribution in [0.3, 0.4) is 0 Å². The van der Waals surface area contributed by atoms with Gasteiger partial charge in [0.05, 0.1) is 22.3 Å². The van der Waals surface area contributed by atoms with Crippen LogP contribution in [0.4, 0.5) is 5.13 Å². The molecule has 2 aromatic carbocycles. The van der Waals surface area contributed by atoms with E-state index in [-0.39, 0.29) is 0 Å². The zero-order valence-corrected chi connectivity index (χ0v) is 13.2. The Labute approximate surface area is 132 Å². The number of aromatic nitrogens is 1. The van der Waals surface area contributed by atoms with Gasteiger partial charge in [0.25, 0.3) is 0 Å². The fourth-order valence-electron chi connectivity index (χ4n) is 2.10. The normalized spacial score (nSPS) is 10.8. The maximum atomic E-state index is 6.16. The Kier molecular flexibility index (Phi) is 4.27. The highest BCUT2D eigenvalue weighted by molar-refractivity contribution is 7.22. The van der Waals surface area contributed by atoms with Gasteiger partial charge in [-0.05, 0) is 36.2 Å². The van der Waals surface area contributed by atoms with E-state index in [1.165, 1.54) is 5.56 Å². The third kappa shape index (κ3) is 3.28. The molecule has 3 nitrogen and oxygen atoms in total. The molecule has 0 saturated carbocycles. The van der Waals surface area contributed by atoms with Crippen molar-refractivity contribution in [3.05, 3.63) is 53.1 Å². The molecule has 0 atom stereocenters. The van der Waals surface area contributed by atoms with Crippen molar-refractivity contribution in [2.24, 2.45) is 0 Å². The molecule has 0 bridgehead atoms. The summed E-state index contributed by atoms with van der Waals surface area (Å²) >= 11 is 7.75. The number of halogens is 1. The van der Waals surface area contributed by atoms with E-state index in [4.69, 9.17) is 16.3 Å². The van der Waals surface area contributed by atoms with E-state index in [0.29, 0.717) is 0 Å². The third-order valence-corrected chi connectivity index (χ3v) is 4.71. The molecule has 0 unspecified atom stereocenters. The zero-order valence-electron chi connectivity index (χ0n) is 11.6. The minimum Gasteiger partial charge on any atom is -0.497 e. The summed E-state index contributed by atoms with van der Waals surface area (Å²) in [6.45, 7) is 0.837.